The van der Waals surface area contributed by atoms with Crippen LogP contribution in [0, 0.1) is 0 Å². The number of hydrogen-bond acceptors (Lipinski definition) is 2. The molecule has 4 aromatic carbocycles. The van der Waals surface area contributed by atoms with Crippen LogP contribution in [0.3, 0.4) is 0 Å². The Kier molecular flexibility index (Phi) is 14.2. The van der Waals surface area contributed by atoms with Crippen LogP contribution in [0.15, 0.2) is 114 Å². The lowest BCUT2D eigenvalue weighted by molar-refractivity contribution is 0.623. The standard InChI is InChI=1S/C29H28N4.4CH4/c1-22(25-15-13-24(14-16-25)21-31-32-30)23(2)26-17-19-29(20-18-26)33(27-9-5-3-6-10-27)28-11-7-4-8-12-28;;;;/h3-20,22-23H,21H2,1-2H3;4*1H4. The van der Waals surface area contributed by atoms with Crippen molar-refractivity contribution in [2.45, 2.75) is 61.9 Å². The lowest BCUT2D eigenvalue weighted by atomic mass is 9.84. The van der Waals surface area contributed by atoms with Crippen molar-refractivity contribution < 1.29 is 0 Å². The summed E-state index contributed by atoms with van der Waals surface area (Å²) in [6.45, 7) is 4.93. The highest BCUT2D eigenvalue weighted by molar-refractivity contribution is 5.76. The Morgan fingerprint density at radius 1 is 0.595 bits per heavy atom. The summed E-state index contributed by atoms with van der Waals surface area (Å²) in [7, 11) is 0. The van der Waals surface area contributed by atoms with Crippen molar-refractivity contribution in [1.82, 2.24) is 0 Å². The molecular formula is C33H44N4. The summed E-state index contributed by atoms with van der Waals surface area (Å²) in [4.78, 5) is 5.11. The minimum absolute atomic E-state index is 0. The van der Waals surface area contributed by atoms with Gasteiger partial charge in [-0.3, -0.25) is 0 Å². The molecular weight excluding hydrogens is 452 g/mol. The normalized spacial score (nSPS) is 11.1. The molecule has 0 spiro atoms. The molecule has 196 valence electrons. The molecule has 37 heavy (non-hydrogen) atoms. The van der Waals surface area contributed by atoms with Crippen LogP contribution in [0.4, 0.5) is 17.1 Å². The smallest absolute Gasteiger partial charge is 0.0510 e. The van der Waals surface area contributed by atoms with Crippen molar-refractivity contribution in [3.63, 3.8) is 0 Å². The van der Waals surface area contributed by atoms with Crippen LogP contribution in [-0.2, 0) is 6.54 Å². The molecule has 0 N–H and O–H groups in total. The van der Waals surface area contributed by atoms with E-state index in [1.807, 2.05) is 24.3 Å². The van der Waals surface area contributed by atoms with E-state index in [1.54, 1.807) is 0 Å². The Hall–Kier alpha value is -4.01. The number of nitrogens with zero attached hydrogens (tertiary/aromatic N) is 4. The summed E-state index contributed by atoms with van der Waals surface area (Å²) in [5.74, 6) is 0.729. The summed E-state index contributed by atoms with van der Waals surface area (Å²) in [5.41, 5.74) is 15.5. The molecule has 0 aromatic heterocycles. The predicted octanol–water partition coefficient (Wildman–Crippen LogP) is 11.4. The fourth-order valence-corrected chi connectivity index (χ4v) is 4.15. The van der Waals surface area contributed by atoms with Gasteiger partial charge in [-0.05, 0) is 70.5 Å². The fraction of sp³-hybridized carbons (Fsp3) is 0.273. The Balaban J connectivity index is 0.00000324. The van der Waals surface area contributed by atoms with Crippen molar-refractivity contribution in [3.8, 4) is 0 Å². The third kappa shape index (κ3) is 7.99. The Bertz CT molecular complexity index is 1160. The molecule has 4 aromatic rings. The monoisotopic (exact) mass is 496 g/mol. The molecule has 0 radical (unpaired) electrons. The largest absolute Gasteiger partial charge is 0.311 e. The minimum Gasteiger partial charge on any atom is -0.311 e. The quantitative estimate of drug-likeness (QED) is 0.136. The van der Waals surface area contributed by atoms with Crippen molar-refractivity contribution >= 4 is 17.1 Å². The van der Waals surface area contributed by atoms with Crippen LogP contribution in [0.5, 0.6) is 0 Å². The maximum absolute atomic E-state index is 8.51. The van der Waals surface area contributed by atoms with Gasteiger partial charge in [0.25, 0.3) is 0 Å². The third-order valence-corrected chi connectivity index (χ3v) is 6.28. The summed E-state index contributed by atoms with van der Waals surface area (Å²) in [6.07, 6.45) is 0. The van der Waals surface area contributed by atoms with Crippen LogP contribution in [0.1, 0.15) is 72.1 Å². The molecule has 4 nitrogen and oxygen atoms in total. The van der Waals surface area contributed by atoms with Gasteiger partial charge in [0.05, 0.1) is 6.54 Å². The fourth-order valence-electron chi connectivity index (χ4n) is 4.15. The highest BCUT2D eigenvalue weighted by Crippen LogP contribution is 2.37. The predicted molar refractivity (Wildman–Crippen MR) is 164 cm³/mol. The molecule has 0 saturated heterocycles. The average molecular weight is 497 g/mol. The summed E-state index contributed by atoms with van der Waals surface area (Å²) < 4.78 is 0. The molecule has 0 bridgehead atoms. The van der Waals surface area contributed by atoms with E-state index in [2.05, 4.69) is 114 Å². The van der Waals surface area contributed by atoms with Gasteiger partial charge in [-0.15, -0.1) is 0 Å². The van der Waals surface area contributed by atoms with E-state index in [9.17, 15) is 0 Å². The van der Waals surface area contributed by atoms with E-state index in [1.165, 1.54) is 11.1 Å². The first kappa shape index (κ1) is 33.0. The van der Waals surface area contributed by atoms with Crippen molar-refractivity contribution in [2.75, 3.05) is 4.90 Å². The molecule has 0 aliphatic carbocycles. The van der Waals surface area contributed by atoms with Gasteiger partial charge in [-0.2, -0.15) is 0 Å². The lowest BCUT2D eigenvalue weighted by Crippen LogP contribution is -2.10. The van der Waals surface area contributed by atoms with Gasteiger partial charge >= 0.3 is 0 Å². The van der Waals surface area contributed by atoms with Crippen LogP contribution in [-0.4, -0.2) is 0 Å². The third-order valence-electron chi connectivity index (χ3n) is 6.28. The van der Waals surface area contributed by atoms with Crippen LogP contribution >= 0.6 is 0 Å². The first-order valence-electron chi connectivity index (χ1n) is 11.3. The number of anilines is 3. The zero-order valence-corrected chi connectivity index (χ0v) is 19.0. The Morgan fingerprint density at radius 3 is 1.38 bits per heavy atom. The molecule has 0 aliphatic rings. The van der Waals surface area contributed by atoms with E-state index in [0.29, 0.717) is 18.4 Å². The second-order valence-electron chi connectivity index (χ2n) is 8.31. The molecule has 4 heteroatoms. The van der Waals surface area contributed by atoms with E-state index < -0.39 is 0 Å². The first-order chi connectivity index (χ1) is 16.2. The van der Waals surface area contributed by atoms with Crippen molar-refractivity contribution in [3.05, 3.63) is 136 Å². The van der Waals surface area contributed by atoms with Gasteiger partial charge < -0.3 is 4.90 Å². The first-order valence-corrected chi connectivity index (χ1v) is 11.3. The molecule has 0 fully saturated rings. The molecule has 0 heterocycles. The van der Waals surface area contributed by atoms with Crippen LogP contribution < -0.4 is 4.90 Å². The zero-order chi connectivity index (χ0) is 23.0. The van der Waals surface area contributed by atoms with E-state index in [0.717, 1.165) is 22.6 Å². The molecule has 0 aliphatic heterocycles. The van der Waals surface area contributed by atoms with E-state index in [4.69, 9.17) is 5.53 Å². The van der Waals surface area contributed by atoms with E-state index in [-0.39, 0.29) is 29.7 Å². The number of hydrogen-bond donors (Lipinski definition) is 0. The highest BCUT2D eigenvalue weighted by atomic mass is 15.1. The molecule has 0 saturated carbocycles. The second kappa shape index (κ2) is 15.9. The Labute approximate surface area is 225 Å². The maximum Gasteiger partial charge on any atom is 0.0510 e. The van der Waals surface area contributed by atoms with Crippen LogP contribution in [0.25, 0.3) is 10.4 Å². The van der Waals surface area contributed by atoms with E-state index >= 15 is 0 Å². The summed E-state index contributed by atoms with van der Waals surface area (Å²) in [5, 5.41) is 3.64. The number of para-hydroxylation sites is 2. The van der Waals surface area contributed by atoms with Crippen LogP contribution in [0.2, 0.25) is 0 Å². The SMILES string of the molecule is C.C.C.C.CC(c1ccc(CN=[N+]=[N-])cc1)C(C)c1ccc(N(c2ccccc2)c2ccccc2)cc1. The maximum atomic E-state index is 8.51. The van der Waals surface area contributed by atoms with Gasteiger partial charge in [0.2, 0.25) is 0 Å². The van der Waals surface area contributed by atoms with Gasteiger partial charge in [-0.1, -0.05) is 121 Å². The number of azide groups is 1. The number of rotatable bonds is 8. The highest BCUT2D eigenvalue weighted by Gasteiger charge is 2.18. The Morgan fingerprint density at radius 2 is 0.973 bits per heavy atom. The second-order valence-corrected chi connectivity index (χ2v) is 8.31. The van der Waals surface area contributed by atoms with Gasteiger partial charge in [-0.25, -0.2) is 0 Å². The number of benzene rings is 4. The minimum atomic E-state index is 0. The lowest BCUT2D eigenvalue weighted by Gasteiger charge is -2.26. The topological polar surface area (TPSA) is 52.0 Å². The van der Waals surface area contributed by atoms with Gasteiger partial charge in [0, 0.05) is 22.0 Å². The van der Waals surface area contributed by atoms with Gasteiger partial charge in [0.1, 0.15) is 0 Å². The molecule has 2 atom stereocenters. The molecule has 2 unspecified atom stereocenters. The summed E-state index contributed by atoms with van der Waals surface area (Å²) in [6, 6.07) is 38.2. The zero-order valence-electron chi connectivity index (χ0n) is 19.0. The molecule has 0 amide bonds. The van der Waals surface area contributed by atoms with Crippen molar-refractivity contribution in [2.24, 2.45) is 5.11 Å². The average Bonchev–Trinajstić information content (AvgIpc) is 2.89. The van der Waals surface area contributed by atoms with Gasteiger partial charge in [0.15, 0.2) is 0 Å². The summed E-state index contributed by atoms with van der Waals surface area (Å²) >= 11 is 0. The molecule has 4 rings (SSSR count). The van der Waals surface area contributed by atoms with Crippen molar-refractivity contribution in [1.29, 1.82) is 0 Å².